The second kappa shape index (κ2) is 10.9. The van der Waals surface area contributed by atoms with Crippen LogP contribution in [0.4, 0.5) is 10.5 Å². The molecule has 0 heterocycles. The minimum atomic E-state index is -0.628. The molecule has 0 spiro atoms. The molecular formula is C22H26N2O4. The Bertz CT molecular complexity index is 788. The van der Waals surface area contributed by atoms with Crippen molar-refractivity contribution in [3.05, 3.63) is 65.7 Å². The Labute approximate surface area is 165 Å². The number of methoxy groups -OCH3 is 1. The van der Waals surface area contributed by atoms with E-state index in [4.69, 9.17) is 0 Å². The number of ether oxygens (including phenoxy) is 1. The van der Waals surface area contributed by atoms with E-state index in [1.54, 1.807) is 4.90 Å². The Morgan fingerprint density at radius 3 is 2.11 bits per heavy atom. The molecule has 6 heteroatoms. The Hall–Kier alpha value is -3.15. The maximum absolute atomic E-state index is 12.8. The lowest BCUT2D eigenvalue weighted by molar-refractivity contribution is -0.118. The molecule has 0 saturated carbocycles. The van der Waals surface area contributed by atoms with E-state index in [1.807, 2.05) is 61.5 Å². The third kappa shape index (κ3) is 6.54. The minimum Gasteiger partial charge on any atom is -0.453 e. The summed E-state index contributed by atoms with van der Waals surface area (Å²) in [4.78, 5) is 37.4. The number of rotatable bonds is 9. The number of hydrogen-bond donors (Lipinski definition) is 1. The predicted molar refractivity (Wildman–Crippen MR) is 108 cm³/mol. The van der Waals surface area contributed by atoms with E-state index in [0.29, 0.717) is 13.0 Å². The molecular weight excluding hydrogens is 356 g/mol. The fraction of sp³-hybridized carbons (Fsp3) is 0.318. The fourth-order valence-electron chi connectivity index (χ4n) is 2.81. The molecule has 0 unspecified atom stereocenters. The normalized spacial score (nSPS) is 10.2. The molecule has 1 N–H and O–H groups in total. The molecule has 2 rings (SSSR count). The van der Waals surface area contributed by atoms with Gasteiger partial charge in [-0.2, -0.15) is 0 Å². The van der Waals surface area contributed by atoms with Crippen molar-refractivity contribution in [2.75, 3.05) is 25.1 Å². The molecule has 0 saturated heterocycles. The number of nitrogens with one attached hydrogen (secondary N) is 1. The van der Waals surface area contributed by atoms with E-state index in [1.165, 1.54) is 7.11 Å². The largest absolute Gasteiger partial charge is 0.453 e. The van der Waals surface area contributed by atoms with Gasteiger partial charge in [0.25, 0.3) is 0 Å². The van der Waals surface area contributed by atoms with Gasteiger partial charge in [-0.25, -0.2) is 4.79 Å². The van der Waals surface area contributed by atoms with Gasteiger partial charge in [0.1, 0.15) is 0 Å². The molecule has 2 amide bonds. The van der Waals surface area contributed by atoms with Gasteiger partial charge in [0.05, 0.1) is 20.1 Å². The summed E-state index contributed by atoms with van der Waals surface area (Å²) in [6.45, 7) is 2.64. The van der Waals surface area contributed by atoms with Crippen molar-refractivity contribution in [3.8, 4) is 0 Å². The molecule has 0 aliphatic heterocycles. The summed E-state index contributed by atoms with van der Waals surface area (Å²) in [7, 11) is 1.25. The Morgan fingerprint density at radius 1 is 0.929 bits per heavy atom. The number of ketones is 1. The summed E-state index contributed by atoms with van der Waals surface area (Å²) >= 11 is 0. The van der Waals surface area contributed by atoms with Crippen LogP contribution in [0.15, 0.2) is 54.6 Å². The zero-order valence-electron chi connectivity index (χ0n) is 16.3. The first-order valence-electron chi connectivity index (χ1n) is 9.30. The van der Waals surface area contributed by atoms with Crippen molar-refractivity contribution in [1.82, 2.24) is 5.32 Å². The summed E-state index contributed by atoms with van der Waals surface area (Å²) < 4.78 is 4.43. The molecule has 0 atom stereocenters. The van der Waals surface area contributed by atoms with Crippen LogP contribution in [0.1, 0.15) is 24.5 Å². The SMILES string of the molecule is CCCN(C(=O)Cc1ccc(CC(=O)CNC(=O)OC)cc1)c1ccccc1. The zero-order valence-corrected chi connectivity index (χ0v) is 16.3. The Kier molecular flexibility index (Phi) is 8.21. The minimum absolute atomic E-state index is 0.0409. The number of carbonyl (C=O) groups excluding carboxylic acids is 3. The summed E-state index contributed by atoms with van der Waals surface area (Å²) in [6.07, 6.45) is 0.760. The van der Waals surface area contributed by atoms with E-state index in [2.05, 4.69) is 10.1 Å². The summed E-state index contributed by atoms with van der Waals surface area (Å²) in [6, 6.07) is 17.1. The van der Waals surface area contributed by atoms with Gasteiger partial charge in [-0.15, -0.1) is 0 Å². The van der Waals surface area contributed by atoms with Crippen LogP contribution in [0, 0.1) is 0 Å². The van der Waals surface area contributed by atoms with Crippen LogP contribution in [-0.4, -0.2) is 38.0 Å². The standard InChI is InChI=1S/C22H26N2O4/c1-3-13-24(19-7-5-4-6-8-19)21(26)15-18-11-9-17(10-12-18)14-20(25)16-23-22(27)28-2/h4-12H,3,13-16H2,1-2H3,(H,23,27). The smallest absolute Gasteiger partial charge is 0.407 e. The number of carbonyl (C=O) groups is 3. The molecule has 0 aliphatic carbocycles. The van der Waals surface area contributed by atoms with E-state index < -0.39 is 6.09 Å². The second-order valence-corrected chi connectivity index (χ2v) is 6.43. The van der Waals surface area contributed by atoms with Gasteiger partial charge < -0.3 is 15.0 Å². The molecule has 0 aromatic heterocycles. The lowest BCUT2D eigenvalue weighted by atomic mass is 10.0. The number of anilines is 1. The number of Topliss-reactive ketones (excluding diaryl/α,β-unsaturated/α-hetero) is 1. The first-order valence-corrected chi connectivity index (χ1v) is 9.30. The number of para-hydroxylation sites is 1. The van der Waals surface area contributed by atoms with Crippen LogP contribution >= 0.6 is 0 Å². The van der Waals surface area contributed by atoms with Crippen LogP contribution in [0.25, 0.3) is 0 Å². The number of nitrogens with zero attached hydrogens (tertiary/aromatic N) is 1. The monoisotopic (exact) mass is 382 g/mol. The van der Waals surface area contributed by atoms with Gasteiger partial charge in [0.2, 0.25) is 5.91 Å². The first kappa shape index (κ1) is 21.2. The number of benzene rings is 2. The highest BCUT2D eigenvalue weighted by atomic mass is 16.5. The van der Waals surface area contributed by atoms with Gasteiger partial charge in [-0.1, -0.05) is 49.4 Å². The quantitative estimate of drug-likeness (QED) is 0.723. The van der Waals surface area contributed by atoms with E-state index in [9.17, 15) is 14.4 Å². The highest BCUT2D eigenvalue weighted by Crippen LogP contribution is 2.16. The Morgan fingerprint density at radius 2 is 1.54 bits per heavy atom. The molecule has 0 aliphatic rings. The van der Waals surface area contributed by atoms with Crippen molar-refractivity contribution < 1.29 is 19.1 Å². The lowest BCUT2D eigenvalue weighted by Gasteiger charge is -2.22. The molecule has 2 aromatic carbocycles. The van der Waals surface area contributed by atoms with Crippen molar-refractivity contribution >= 4 is 23.5 Å². The van der Waals surface area contributed by atoms with Gasteiger partial charge in [-0.05, 0) is 29.7 Å². The predicted octanol–water partition coefficient (Wildman–Crippen LogP) is 3.14. The lowest BCUT2D eigenvalue weighted by Crippen LogP contribution is -2.32. The third-order valence-electron chi connectivity index (χ3n) is 4.21. The number of alkyl carbamates (subject to hydrolysis) is 1. The molecule has 0 radical (unpaired) electrons. The molecule has 6 nitrogen and oxygen atoms in total. The number of amides is 2. The summed E-state index contributed by atoms with van der Waals surface area (Å²) in [5, 5.41) is 2.37. The van der Waals surface area contributed by atoms with E-state index in [0.717, 1.165) is 23.2 Å². The maximum atomic E-state index is 12.8. The Balaban J connectivity index is 1.94. The van der Waals surface area contributed by atoms with Crippen molar-refractivity contribution in [2.24, 2.45) is 0 Å². The highest BCUT2D eigenvalue weighted by molar-refractivity contribution is 5.94. The third-order valence-corrected chi connectivity index (χ3v) is 4.21. The van der Waals surface area contributed by atoms with Gasteiger partial charge in [-0.3, -0.25) is 9.59 Å². The van der Waals surface area contributed by atoms with E-state index in [-0.39, 0.29) is 24.7 Å². The number of hydrogen-bond acceptors (Lipinski definition) is 4. The van der Waals surface area contributed by atoms with Crippen LogP contribution < -0.4 is 10.2 Å². The van der Waals surface area contributed by atoms with Crippen LogP contribution in [0.2, 0.25) is 0 Å². The van der Waals surface area contributed by atoms with Gasteiger partial charge >= 0.3 is 6.09 Å². The topological polar surface area (TPSA) is 75.7 Å². The fourth-order valence-corrected chi connectivity index (χ4v) is 2.81. The molecule has 0 fully saturated rings. The second-order valence-electron chi connectivity index (χ2n) is 6.43. The molecule has 0 bridgehead atoms. The van der Waals surface area contributed by atoms with Crippen molar-refractivity contribution in [1.29, 1.82) is 0 Å². The zero-order chi connectivity index (χ0) is 20.4. The first-order chi connectivity index (χ1) is 13.5. The van der Waals surface area contributed by atoms with Gasteiger partial charge in [0, 0.05) is 18.7 Å². The van der Waals surface area contributed by atoms with Crippen LogP contribution in [0.5, 0.6) is 0 Å². The molecule has 28 heavy (non-hydrogen) atoms. The van der Waals surface area contributed by atoms with Crippen molar-refractivity contribution in [3.63, 3.8) is 0 Å². The van der Waals surface area contributed by atoms with Gasteiger partial charge in [0.15, 0.2) is 5.78 Å². The maximum Gasteiger partial charge on any atom is 0.407 e. The van der Waals surface area contributed by atoms with Crippen LogP contribution in [-0.2, 0) is 27.2 Å². The summed E-state index contributed by atoms with van der Waals surface area (Å²) in [5.41, 5.74) is 2.63. The average Bonchev–Trinajstić information content (AvgIpc) is 2.72. The van der Waals surface area contributed by atoms with Crippen molar-refractivity contribution in [2.45, 2.75) is 26.2 Å². The summed E-state index contributed by atoms with van der Waals surface area (Å²) in [5.74, 6) is -0.0772. The molecule has 2 aromatic rings. The molecule has 148 valence electrons. The van der Waals surface area contributed by atoms with Crippen LogP contribution in [0.3, 0.4) is 0 Å². The highest BCUT2D eigenvalue weighted by Gasteiger charge is 2.15. The average molecular weight is 382 g/mol. The van der Waals surface area contributed by atoms with E-state index >= 15 is 0 Å².